The minimum absolute atomic E-state index is 0.611. The van der Waals surface area contributed by atoms with Crippen LogP contribution < -0.4 is 5.73 Å². The molecule has 1 heterocycles. The van der Waals surface area contributed by atoms with Crippen molar-refractivity contribution >= 4 is 32.4 Å². The fourth-order valence-corrected chi connectivity index (χ4v) is 2.23. The molecule has 14 heavy (non-hydrogen) atoms. The first-order chi connectivity index (χ1) is 6.68. The maximum atomic E-state index is 5.60. The van der Waals surface area contributed by atoms with Crippen LogP contribution in [-0.2, 0) is 0 Å². The minimum atomic E-state index is 0.611. The van der Waals surface area contributed by atoms with E-state index in [4.69, 9.17) is 5.73 Å². The number of nitrogens with zero attached hydrogens (tertiary/aromatic N) is 1. The zero-order valence-electron chi connectivity index (χ0n) is 7.62. The lowest BCUT2D eigenvalue weighted by molar-refractivity contribution is 1.36. The Morgan fingerprint density at radius 1 is 1.43 bits per heavy atom. The van der Waals surface area contributed by atoms with Gasteiger partial charge >= 0.3 is 0 Å². The van der Waals surface area contributed by atoms with Crippen molar-refractivity contribution in [3.8, 4) is 11.3 Å². The number of benzene rings is 1. The summed E-state index contributed by atoms with van der Waals surface area (Å²) >= 11 is 4.96. The highest BCUT2D eigenvalue weighted by Gasteiger charge is 2.06. The lowest BCUT2D eigenvalue weighted by Crippen LogP contribution is -1.86. The molecule has 0 aliphatic rings. The van der Waals surface area contributed by atoms with Crippen molar-refractivity contribution in [2.24, 2.45) is 0 Å². The summed E-state index contributed by atoms with van der Waals surface area (Å²) in [5, 5.41) is 2.59. The molecule has 0 bridgehead atoms. The van der Waals surface area contributed by atoms with Crippen LogP contribution in [0.5, 0.6) is 0 Å². The smallest absolute Gasteiger partial charge is 0.180 e. The Balaban J connectivity index is 2.57. The number of halogens is 1. The first kappa shape index (κ1) is 9.68. The Morgan fingerprint density at radius 3 is 2.86 bits per heavy atom. The Labute approximate surface area is 94.9 Å². The highest BCUT2D eigenvalue weighted by molar-refractivity contribution is 9.10. The molecule has 2 nitrogen and oxygen atoms in total. The van der Waals surface area contributed by atoms with Gasteiger partial charge in [0.15, 0.2) is 5.13 Å². The first-order valence-electron chi connectivity index (χ1n) is 4.15. The number of thiazole rings is 1. The predicted molar refractivity (Wildman–Crippen MR) is 64.4 cm³/mol. The molecule has 0 unspecified atom stereocenters. The Hall–Kier alpha value is -0.870. The molecule has 0 saturated carbocycles. The van der Waals surface area contributed by atoms with Crippen LogP contribution in [0.1, 0.15) is 5.56 Å². The average Bonchev–Trinajstić information content (AvgIpc) is 2.57. The maximum Gasteiger partial charge on any atom is 0.180 e. The summed E-state index contributed by atoms with van der Waals surface area (Å²) in [4.78, 5) is 4.26. The first-order valence-corrected chi connectivity index (χ1v) is 5.82. The van der Waals surface area contributed by atoms with E-state index in [9.17, 15) is 0 Å². The van der Waals surface area contributed by atoms with Gasteiger partial charge in [0, 0.05) is 15.4 Å². The molecule has 0 spiro atoms. The lowest BCUT2D eigenvalue weighted by atomic mass is 10.1. The van der Waals surface area contributed by atoms with Gasteiger partial charge in [0.2, 0.25) is 0 Å². The normalized spacial score (nSPS) is 10.4. The summed E-state index contributed by atoms with van der Waals surface area (Å²) in [6.45, 7) is 2.06. The molecule has 0 atom stereocenters. The van der Waals surface area contributed by atoms with Gasteiger partial charge in [-0.15, -0.1) is 11.3 Å². The lowest BCUT2D eigenvalue weighted by Gasteiger charge is -2.03. The molecule has 2 N–H and O–H groups in total. The largest absolute Gasteiger partial charge is 0.375 e. The van der Waals surface area contributed by atoms with Crippen molar-refractivity contribution in [2.45, 2.75) is 6.92 Å². The second-order valence-corrected chi connectivity index (χ2v) is 4.73. The van der Waals surface area contributed by atoms with Gasteiger partial charge in [0.25, 0.3) is 0 Å². The van der Waals surface area contributed by atoms with E-state index in [0.717, 1.165) is 15.7 Å². The molecule has 72 valence electrons. The summed E-state index contributed by atoms with van der Waals surface area (Å²) in [6, 6.07) is 6.07. The molecule has 1 aromatic carbocycles. The third-order valence-corrected chi connectivity index (χ3v) is 3.60. The molecule has 2 aromatic rings. The molecule has 0 saturated heterocycles. The predicted octanol–water partition coefficient (Wildman–Crippen LogP) is 3.46. The summed E-state index contributed by atoms with van der Waals surface area (Å²) in [6.07, 6.45) is 0. The van der Waals surface area contributed by atoms with Gasteiger partial charge in [-0.2, -0.15) is 0 Å². The van der Waals surface area contributed by atoms with Crippen LogP contribution in [0.15, 0.2) is 28.1 Å². The number of anilines is 1. The molecular weight excluding hydrogens is 260 g/mol. The number of nitrogens with two attached hydrogens (primary N) is 1. The van der Waals surface area contributed by atoms with Crippen LogP contribution in [-0.4, -0.2) is 4.98 Å². The van der Waals surface area contributed by atoms with Crippen molar-refractivity contribution in [1.29, 1.82) is 0 Å². The number of nitrogen functional groups attached to an aromatic ring is 1. The molecule has 0 radical (unpaired) electrons. The topological polar surface area (TPSA) is 38.9 Å². The monoisotopic (exact) mass is 268 g/mol. The second-order valence-electron chi connectivity index (χ2n) is 2.98. The standard InChI is InChI=1S/C10H9BrN2S/c1-6-7(3-2-4-8(6)11)9-5-14-10(12)13-9/h2-5H,1H3,(H2,12,13). The number of rotatable bonds is 1. The third kappa shape index (κ3) is 1.67. The SMILES string of the molecule is Cc1c(Br)cccc1-c1csc(N)n1. The van der Waals surface area contributed by atoms with Gasteiger partial charge < -0.3 is 5.73 Å². The van der Waals surface area contributed by atoms with E-state index in [0.29, 0.717) is 5.13 Å². The molecule has 1 aromatic heterocycles. The molecule has 2 rings (SSSR count). The zero-order valence-corrected chi connectivity index (χ0v) is 10.0. The molecule has 0 aliphatic heterocycles. The molecule has 4 heteroatoms. The maximum absolute atomic E-state index is 5.60. The van der Waals surface area contributed by atoms with Gasteiger partial charge in [-0.1, -0.05) is 28.1 Å². The third-order valence-electron chi connectivity index (χ3n) is 2.07. The van der Waals surface area contributed by atoms with Crippen LogP contribution in [0.25, 0.3) is 11.3 Å². The van der Waals surface area contributed by atoms with Crippen molar-refractivity contribution in [2.75, 3.05) is 5.73 Å². The van der Waals surface area contributed by atoms with E-state index in [1.807, 2.05) is 17.5 Å². The Kier molecular flexibility index (Phi) is 2.56. The number of aromatic nitrogens is 1. The molecule has 0 aliphatic carbocycles. The average molecular weight is 269 g/mol. The highest BCUT2D eigenvalue weighted by Crippen LogP contribution is 2.29. The number of hydrogen-bond donors (Lipinski definition) is 1. The van der Waals surface area contributed by atoms with Crippen LogP contribution >= 0.6 is 27.3 Å². The van der Waals surface area contributed by atoms with Gasteiger partial charge in [0.1, 0.15) is 0 Å². The van der Waals surface area contributed by atoms with Crippen LogP contribution in [0.2, 0.25) is 0 Å². The van der Waals surface area contributed by atoms with Crippen LogP contribution in [0.3, 0.4) is 0 Å². The van der Waals surface area contributed by atoms with Gasteiger partial charge in [-0.3, -0.25) is 0 Å². The summed E-state index contributed by atoms with van der Waals surface area (Å²) < 4.78 is 1.10. The fourth-order valence-electron chi connectivity index (χ4n) is 1.30. The summed E-state index contributed by atoms with van der Waals surface area (Å²) in [7, 11) is 0. The summed E-state index contributed by atoms with van der Waals surface area (Å²) in [5.41, 5.74) is 8.87. The van der Waals surface area contributed by atoms with Crippen molar-refractivity contribution in [3.63, 3.8) is 0 Å². The van der Waals surface area contributed by atoms with E-state index >= 15 is 0 Å². The fraction of sp³-hybridized carbons (Fsp3) is 0.100. The van der Waals surface area contributed by atoms with Crippen molar-refractivity contribution in [3.05, 3.63) is 33.6 Å². The van der Waals surface area contributed by atoms with Crippen molar-refractivity contribution in [1.82, 2.24) is 4.98 Å². The van der Waals surface area contributed by atoms with E-state index in [-0.39, 0.29) is 0 Å². The van der Waals surface area contributed by atoms with Gasteiger partial charge in [0.05, 0.1) is 5.69 Å². The number of hydrogen-bond acceptors (Lipinski definition) is 3. The highest BCUT2D eigenvalue weighted by atomic mass is 79.9. The van der Waals surface area contributed by atoms with Crippen molar-refractivity contribution < 1.29 is 0 Å². The van der Waals surface area contributed by atoms with E-state index < -0.39 is 0 Å². The van der Waals surface area contributed by atoms with Gasteiger partial charge in [-0.25, -0.2) is 4.98 Å². The van der Waals surface area contributed by atoms with E-state index in [1.54, 1.807) is 0 Å². The van der Waals surface area contributed by atoms with E-state index in [2.05, 4.69) is 33.9 Å². The van der Waals surface area contributed by atoms with Gasteiger partial charge in [-0.05, 0) is 18.6 Å². The second kappa shape index (κ2) is 3.71. The summed E-state index contributed by atoms with van der Waals surface area (Å²) in [5.74, 6) is 0. The molecule has 0 amide bonds. The minimum Gasteiger partial charge on any atom is -0.375 e. The Morgan fingerprint density at radius 2 is 2.21 bits per heavy atom. The molecular formula is C10H9BrN2S. The van der Waals surface area contributed by atoms with E-state index in [1.165, 1.54) is 16.9 Å². The Bertz CT molecular complexity index is 465. The quantitative estimate of drug-likeness (QED) is 0.861. The zero-order chi connectivity index (χ0) is 10.1. The van der Waals surface area contributed by atoms with Crippen LogP contribution in [0, 0.1) is 6.92 Å². The van der Waals surface area contributed by atoms with Crippen LogP contribution in [0.4, 0.5) is 5.13 Å². The molecule has 0 fully saturated rings.